The highest BCUT2D eigenvalue weighted by Crippen LogP contribution is 2.26. The predicted molar refractivity (Wildman–Crippen MR) is 70.1 cm³/mol. The van der Waals surface area contributed by atoms with Crippen molar-refractivity contribution >= 4 is 10.0 Å². The summed E-state index contributed by atoms with van der Waals surface area (Å²) in [4.78, 5) is 0.205. The smallest absolute Gasteiger partial charge is 0.246 e. The van der Waals surface area contributed by atoms with Gasteiger partial charge < -0.3 is 10.5 Å². The summed E-state index contributed by atoms with van der Waals surface area (Å²) in [5, 5.41) is 4.01. The summed E-state index contributed by atoms with van der Waals surface area (Å²) >= 11 is 0. The molecule has 1 aliphatic rings. The number of nitrogens with zero attached hydrogens (tertiary/aromatic N) is 3. The van der Waals surface area contributed by atoms with Gasteiger partial charge in [0, 0.05) is 19.3 Å². The molecule has 1 fully saturated rings. The maximum absolute atomic E-state index is 12.6. The molecule has 0 atom stereocenters. The normalized spacial score (nSPS) is 20.6. The molecule has 2 heterocycles. The Morgan fingerprint density at radius 2 is 2.26 bits per heavy atom. The van der Waals surface area contributed by atoms with Crippen LogP contribution in [0.2, 0.25) is 0 Å². The van der Waals surface area contributed by atoms with Crippen molar-refractivity contribution in [1.82, 2.24) is 14.1 Å². The number of aromatic nitrogens is 2. The summed E-state index contributed by atoms with van der Waals surface area (Å²) in [7, 11) is -3.54. The van der Waals surface area contributed by atoms with Gasteiger partial charge in [0.2, 0.25) is 10.0 Å². The lowest BCUT2D eigenvalue weighted by Crippen LogP contribution is -2.55. The molecule has 0 aromatic carbocycles. The van der Waals surface area contributed by atoms with Crippen LogP contribution in [0.25, 0.3) is 0 Å². The Kier molecular flexibility index (Phi) is 3.95. The fraction of sp³-hybridized carbons (Fsp3) is 0.727. The standard InChI is InChI=1S/C11H20N4O3S/c1-11(2)9-18-6-5-15(11)19(16,17)10-7-13-14(8-10)4-3-12/h7-8H,3-6,9,12H2,1-2H3. The van der Waals surface area contributed by atoms with Crippen LogP contribution >= 0.6 is 0 Å². The van der Waals surface area contributed by atoms with Crippen LogP contribution in [0.4, 0.5) is 0 Å². The van der Waals surface area contributed by atoms with Crippen molar-refractivity contribution < 1.29 is 13.2 Å². The van der Waals surface area contributed by atoms with Gasteiger partial charge in [-0.15, -0.1) is 0 Å². The van der Waals surface area contributed by atoms with Gasteiger partial charge >= 0.3 is 0 Å². The second-order valence-corrected chi connectivity index (χ2v) is 7.03. The lowest BCUT2D eigenvalue weighted by molar-refractivity contribution is -0.00771. The molecule has 0 saturated carbocycles. The van der Waals surface area contributed by atoms with Crippen LogP contribution in [0.15, 0.2) is 17.3 Å². The molecular formula is C11H20N4O3S. The molecule has 0 amide bonds. The van der Waals surface area contributed by atoms with E-state index in [1.165, 1.54) is 16.7 Å². The third-order valence-corrected chi connectivity index (χ3v) is 5.19. The van der Waals surface area contributed by atoms with Crippen molar-refractivity contribution in [3.8, 4) is 0 Å². The largest absolute Gasteiger partial charge is 0.378 e. The number of hydrogen-bond donors (Lipinski definition) is 1. The summed E-state index contributed by atoms with van der Waals surface area (Å²) in [6.45, 7) is 5.80. The lowest BCUT2D eigenvalue weighted by atomic mass is 10.1. The number of ether oxygens (including phenoxy) is 1. The van der Waals surface area contributed by atoms with E-state index in [2.05, 4.69) is 5.10 Å². The van der Waals surface area contributed by atoms with E-state index >= 15 is 0 Å². The molecule has 8 heteroatoms. The van der Waals surface area contributed by atoms with Crippen LogP contribution in [0.1, 0.15) is 13.8 Å². The van der Waals surface area contributed by atoms with Crippen molar-refractivity contribution in [1.29, 1.82) is 0 Å². The first kappa shape index (κ1) is 14.4. The van der Waals surface area contributed by atoms with E-state index in [0.29, 0.717) is 32.8 Å². The Morgan fingerprint density at radius 3 is 2.89 bits per heavy atom. The molecule has 0 unspecified atom stereocenters. The van der Waals surface area contributed by atoms with Gasteiger partial charge in [-0.25, -0.2) is 8.42 Å². The minimum atomic E-state index is -3.54. The lowest BCUT2D eigenvalue weighted by Gasteiger charge is -2.40. The quantitative estimate of drug-likeness (QED) is 0.817. The summed E-state index contributed by atoms with van der Waals surface area (Å²) < 4.78 is 33.6. The maximum atomic E-state index is 12.6. The topological polar surface area (TPSA) is 90.5 Å². The summed E-state index contributed by atoms with van der Waals surface area (Å²) in [6.07, 6.45) is 2.89. The van der Waals surface area contributed by atoms with Crippen molar-refractivity contribution in [2.45, 2.75) is 30.8 Å². The minimum Gasteiger partial charge on any atom is -0.378 e. The average molecular weight is 288 g/mol. The highest BCUT2D eigenvalue weighted by Gasteiger charge is 2.40. The van der Waals surface area contributed by atoms with Crippen LogP contribution in [0.5, 0.6) is 0 Å². The Hall–Kier alpha value is -0.960. The molecule has 19 heavy (non-hydrogen) atoms. The fourth-order valence-electron chi connectivity index (χ4n) is 2.15. The molecule has 7 nitrogen and oxygen atoms in total. The van der Waals surface area contributed by atoms with Gasteiger partial charge in [-0.1, -0.05) is 0 Å². The van der Waals surface area contributed by atoms with Crippen molar-refractivity contribution in [3.63, 3.8) is 0 Å². The van der Waals surface area contributed by atoms with Gasteiger partial charge in [0.25, 0.3) is 0 Å². The van der Waals surface area contributed by atoms with E-state index in [-0.39, 0.29) is 4.90 Å². The number of sulfonamides is 1. The third-order valence-electron chi connectivity index (χ3n) is 3.12. The molecule has 2 N–H and O–H groups in total. The van der Waals surface area contributed by atoms with Crippen LogP contribution in [-0.2, 0) is 21.3 Å². The highest BCUT2D eigenvalue weighted by atomic mass is 32.2. The SMILES string of the molecule is CC1(C)COCCN1S(=O)(=O)c1cnn(CCN)c1. The van der Waals surface area contributed by atoms with Gasteiger partial charge in [-0.05, 0) is 13.8 Å². The van der Waals surface area contributed by atoms with E-state index in [9.17, 15) is 8.42 Å². The number of nitrogens with two attached hydrogens (primary N) is 1. The minimum absolute atomic E-state index is 0.205. The molecule has 0 spiro atoms. The Morgan fingerprint density at radius 1 is 1.53 bits per heavy atom. The first-order valence-electron chi connectivity index (χ1n) is 6.21. The van der Waals surface area contributed by atoms with Gasteiger partial charge in [0.15, 0.2) is 0 Å². The molecular weight excluding hydrogens is 268 g/mol. The second kappa shape index (κ2) is 5.20. The molecule has 1 saturated heterocycles. The van der Waals surface area contributed by atoms with E-state index in [1.54, 1.807) is 4.68 Å². The Labute approximate surface area is 113 Å². The Balaban J connectivity index is 2.30. The third kappa shape index (κ3) is 2.81. The number of morpholine rings is 1. The average Bonchev–Trinajstić information content (AvgIpc) is 2.78. The second-order valence-electron chi connectivity index (χ2n) is 5.17. The van der Waals surface area contributed by atoms with Gasteiger partial charge in [-0.3, -0.25) is 4.68 Å². The molecule has 0 bridgehead atoms. The summed E-state index contributed by atoms with van der Waals surface area (Å²) in [6, 6.07) is 0. The van der Waals surface area contributed by atoms with Gasteiger partial charge in [-0.2, -0.15) is 9.40 Å². The van der Waals surface area contributed by atoms with E-state index < -0.39 is 15.6 Å². The first-order valence-corrected chi connectivity index (χ1v) is 7.65. The zero-order valence-corrected chi connectivity index (χ0v) is 12.1. The monoisotopic (exact) mass is 288 g/mol. The van der Waals surface area contributed by atoms with Crippen LogP contribution in [0.3, 0.4) is 0 Å². The summed E-state index contributed by atoms with van der Waals surface area (Å²) in [5.74, 6) is 0. The molecule has 108 valence electrons. The maximum Gasteiger partial charge on any atom is 0.246 e. The van der Waals surface area contributed by atoms with Gasteiger partial charge in [0.05, 0.1) is 31.5 Å². The zero-order valence-electron chi connectivity index (χ0n) is 11.2. The van der Waals surface area contributed by atoms with Crippen LogP contribution in [-0.4, -0.2) is 54.3 Å². The number of hydrogen-bond acceptors (Lipinski definition) is 5. The summed E-state index contributed by atoms with van der Waals surface area (Å²) in [5.41, 5.74) is 4.88. The molecule has 0 aliphatic carbocycles. The van der Waals surface area contributed by atoms with E-state index in [1.807, 2.05) is 13.8 Å². The molecule has 1 aromatic heterocycles. The highest BCUT2D eigenvalue weighted by molar-refractivity contribution is 7.89. The van der Waals surface area contributed by atoms with Crippen molar-refractivity contribution in [2.75, 3.05) is 26.3 Å². The zero-order chi connectivity index (χ0) is 14.1. The molecule has 1 aromatic rings. The predicted octanol–water partition coefficient (Wildman–Crippen LogP) is -0.359. The fourth-order valence-corrected chi connectivity index (χ4v) is 3.86. The van der Waals surface area contributed by atoms with Gasteiger partial charge in [0.1, 0.15) is 4.90 Å². The Bertz CT molecular complexity index is 538. The van der Waals surface area contributed by atoms with Crippen molar-refractivity contribution in [2.24, 2.45) is 5.73 Å². The molecule has 0 radical (unpaired) electrons. The van der Waals surface area contributed by atoms with Crippen LogP contribution in [0, 0.1) is 0 Å². The first-order chi connectivity index (χ1) is 8.88. The van der Waals surface area contributed by atoms with E-state index in [0.717, 1.165) is 0 Å². The van der Waals surface area contributed by atoms with Crippen molar-refractivity contribution in [3.05, 3.63) is 12.4 Å². The van der Waals surface area contributed by atoms with Crippen LogP contribution < -0.4 is 5.73 Å². The molecule has 1 aliphatic heterocycles. The molecule has 2 rings (SSSR count). The van der Waals surface area contributed by atoms with E-state index in [4.69, 9.17) is 10.5 Å². The number of rotatable bonds is 4.